The van der Waals surface area contributed by atoms with Crippen molar-refractivity contribution >= 4 is 28.5 Å². The fourth-order valence-corrected chi connectivity index (χ4v) is 2.63. The zero-order valence-electron chi connectivity index (χ0n) is 10.4. The molecule has 0 spiro atoms. The van der Waals surface area contributed by atoms with Gasteiger partial charge in [-0.1, -0.05) is 18.9 Å². The van der Waals surface area contributed by atoms with Gasteiger partial charge in [-0.25, -0.2) is 0 Å². The number of rotatable bonds is 3. The van der Waals surface area contributed by atoms with E-state index in [1.54, 1.807) is 0 Å². The number of likely N-dealkylation sites (tertiary alicyclic amines) is 1. The maximum Gasteiger partial charge on any atom is 0.260 e. The summed E-state index contributed by atoms with van der Waals surface area (Å²) in [5.41, 5.74) is 0. The molecule has 0 saturated carbocycles. The minimum absolute atomic E-state index is 0.107. The van der Waals surface area contributed by atoms with Crippen LogP contribution < -0.4 is 4.74 Å². The summed E-state index contributed by atoms with van der Waals surface area (Å²) in [5, 5.41) is 0. The molecule has 0 aromatic heterocycles. The van der Waals surface area contributed by atoms with Gasteiger partial charge in [0.2, 0.25) is 0 Å². The number of ether oxygens (including phenoxy) is 1. The van der Waals surface area contributed by atoms with Crippen LogP contribution in [0, 0.1) is 3.57 Å². The fraction of sp³-hybridized carbons (Fsp3) is 0.500. The van der Waals surface area contributed by atoms with Crippen molar-refractivity contribution in [2.75, 3.05) is 19.7 Å². The molecule has 1 aromatic carbocycles. The molecule has 1 aliphatic heterocycles. The van der Waals surface area contributed by atoms with Gasteiger partial charge >= 0.3 is 0 Å². The molecule has 1 amide bonds. The molecule has 0 bridgehead atoms. The van der Waals surface area contributed by atoms with Crippen LogP contribution in [0.1, 0.15) is 25.7 Å². The first-order valence-corrected chi connectivity index (χ1v) is 7.50. The van der Waals surface area contributed by atoms with E-state index >= 15 is 0 Å². The van der Waals surface area contributed by atoms with Gasteiger partial charge in [0.05, 0.1) is 0 Å². The van der Waals surface area contributed by atoms with E-state index in [2.05, 4.69) is 22.6 Å². The maximum absolute atomic E-state index is 12.0. The summed E-state index contributed by atoms with van der Waals surface area (Å²) >= 11 is 2.24. The SMILES string of the molecule is O=C(COc1cccc(I)c1)N1CCCCCC1. The highest BCUT2D eigenvalue weighted by Gasteiger charge is 2.15. The van der Waals surface area contributed by atoms with Crippen molar-refractivity contribution in [3.8, 4) is 5.75 Å². The van der Waals surface area contributed by atoms with Crippen molar-refractivity contribution in [1.82, 2.24) is 4.90 Å². The van der Waals surface area contributed by atoms with Gasteiger partial charge in [0.1, 0.15) is 5.75 Å². The highest BCUT2D eigenvalue weighted by atomic mass is 127. The lowest BCUT2D eigenvalue weighted by molar-refractivity contribution is -0.133. The Hall–Kier alpha value is -0.780. The molecule has 98 valence electrons. The summed E-state index contributed by atoms with van der Waals surface area (Å²) < 4.78 is 6.66. The number of halogens is 1. The molecule has 1 fully saturated rings. The average Bonchev–Trinajstić information content (AvgIpc) is 2.65. The Morgan fingerprint density at radius 1 is 1.22 bits per heavy atom. The molecular formula is C14H18INO2. The quantitative estimate of drug-likeness (QED) is 0.777. The Kier molecular flexibility index (Phi) is 5.28. The lowest BCUT2D eigenvalue weighted by atomic mass is 10.2. The van der Waals surface area contributed by atoms with Crippen LogP contribution in [0.5, 0.6) is 5.75 Å². The molecule has 1 saturated heterocycles. The predicted octanol–water partition coefficient (Wildman–Crippen LogP) is 3.07. The summed E-state index contributed by atoms with van der Waals surface area (Å²) in [5.74, 6) is 0.876. The molecule has 18 heavy (non-hydrogen) atoms. The smallest absolute Gasteiger partial charge is 0.260 e. The maximum atomic E-state index is 12.0. The molecule has 2 rings (SSSR count). The van der Waals surface area contributed by atoms with Crippen molar-refractivity contribution in [2.45, 2.75) is 25.7 Å². The molecule has 0 N–H and O–H groups in total. The van der Waals surface area contributed by atoms with Crippen molar-refractivity contribution in [2.24, 2.45) is 0 Å². The molecular weight excluding hydrogens is 341 g/mol. The van der Waals surface area contributed by atoms with E-state index in [1.807, 2.05) is 29.2 Å². The van der Waals surface area contributed by atoms with Gasteiger partial charge in [-0.05, 0) is 53.6 Å². The lowest BCUT2D eigenvalue weighted by Crippen LogP contribution is -2.35. The molecule has 0 radical (unpaired) electrons. The normalized spacial score (nSPS) is 16.2. The van der Waals surface area contributed by atoms with Crippen LogP contribution >= 0.6 is 22.6 Å². The molecule has 0 unspecified atom stereocenters. The number of carbonyl (C=O) groups is 1. The minimum atomic E-state index is 0.107. The standard InChI is InChI=1S/C14H18INO2/c15-12-6-5-7-13(10-12)18-11-14(17)16-8-3-1-2-4-9-16/h5-7,10H,1-4,8-9,11H2. The first-order valence-electron chi connectivity index (χ1n) is 6.42. The number of hydrogen-bond donors (Lipinski definition) is 0. The molecule has 1 aliphatic rings. The number of nitrogens with zero attached hydrogens (tertiary/aromatic N) is 1. The monoisotopic (exact) mass is 359 g/mol. The van der Waals surface area contributed by atoms with Crippen molar-refractivity contribution < 1.29 is 9.53 Å². The van der Waals surface area contributed by atoms with Crippen LogP contribution in [0.25, 0.3) is 0 Å². The van der Waals surface area contributed by atoms with E-state index in [1.165, 1.54) is 12.8 Å². The summed E-state index contributed by atoms with van der Waals surface area (Å²) in [4.78, 5) is 13.9. The van der Waals surface area contributed by atoms with E-state index in [9.17, 15) is 4.79 Å². The Morgan fingerprint density at radius 3 is 2.61 bits per heavy atom. The third-order valence-electron chi connectivity index (χ3n) is 3.12. The van der Waals surface area contributed by atoms with Gasteiger partial charge in [0.25, 0.3) is 5.91 Å². The highest BCUT2D eigenvalue weighted by Crippen LogP contribution is 2.15. The number of amides is 1. The van der Waals surface area contributed by atoms with Crippen molar-refractivity contribution in [3.05, 3.63) is 27.8 Å². The molecule has 3 nitrogen and oxygen atoms in total. The van der Waals surface area contributed by atoms with Crippen molar-refractivity contribution in [1.29, 1.82) is 0 Å². The van der Waals surface area contributed by atoms with Crippen LogP contribution in [-0.2, 0) is 4.79 Å². The third-order valence-corrected chi connectivity index (χ3v) is 3.79. The van der Waals surface area contributed by atoms with E-state index in [-0.39, 0.29) is 12.5 Å². The molecule has 1 aromatic rings. The second kappa shape index (κ2) is 6.97. The first-order chi connectivity index (χ1) is 8.75. The summed E-state index contributed by atoms with van der Waals surface area (Å²) in [6.07, 6.45) is 4.72. The molecule has 1 heterocycles. The van der Waals surface area contributed by atoms with Crippen molar-refractivity contribution in [3.63, 3.8) is 0 Å². The van der Waals surface area contributed by atoms with Crippen LogP contribution in [0.15, 0.2) is 24.3 Å². The van der Waals surface area contributed by atoms with Crippen LogP contribution in [-0.4, -0.2) is 30.5 Å². The summed E-state index contributed by atoms with van der Waals surface area (Å²) in [6, 6.07) is 7.77. The van der Waals surface area contributed by atoms with Gasteiger partial charge in [-0.2, -0.15) is 0 Å². The third kappa shape index (κ3) is 4.15. The summed E-state index contributed by atoms with van der Waals surface area (Å²) in [6.45, 7) is 1.92. The zero-order valence-corrected chi connectivity index (χ0v) is 12.6. The molecule has 4 heteroatoms. The Bertz CT molecular complexity index is 401. The highest BCUT2D eigenvalue weighted by molar-refractivity contribution is 14.1. The van der Waals surface area contributed by atoms with Gasteiger partial charge in [0.15, 0.2) is 6.61 Å². The number of carbonyl (C=O) groups excluding carboxylic acids is 1. The second-order valence-electron chi connectivity index (χ2n) is 4.54. The summed E-state index contributed by atoms with van der Waals surface area (Å²) in [7, 11) is 0. The average molecular weight is 359 g/mol. The molecule has 0 aliphatic carbocycles. The minimum Gasteiger partial charge on any atom is -0.484 e. The van der Waals surface area contributed by atoms with E-state index in [0.29, 0.717) is 0 Å². The van der Waals surface area contributed by atoms with Crippen LogP contribution in [0.4, 0.5) is 0 Å². The zero-order chi connectivity index (χ0) is 12.8. The Labute approximate surface area is 122 Å². The Balaban J connectivity index is 1.83. The fourth-order valence-electron chi connectivity index (χ4n) is 2.11. The number of benzene rings is 1. The Morgan fingerprint density at radius 2 is 1.94 bits per heavy atom. The van der Waals surface area contributed by atoms with Crippen LogP contribution in [0.2, 0.25) is 0 Å². The van der Waals surface area contributed by atoms with E-state index < -0.39 is 0 Å². The van der Waals surface area contributed by atoms with Gasteiger partial charge < -0.3 is 9.64 Å². The largest absolute Gasteiger partial charge is 0.484 e. The predicted molar refractivity (Wildman–Crippen MR) is 79.7 cm³/mol. The number of hydrogen-bond acceptors (Lipinski definition) is 2. The van der Waals surface area contributed by atoms with Gasteiger partial charge in [0, 0.05) is 16.7 Å². The second-order valence-corrected chi connectivity index (χ2v) is 5.79. The van der Waals surface area contributed by atoms with E-state index in [4.69, 9.17) is 4.74 Å². The van der Waals surface area contributed by atoms with E-state index in [0.717, 1.165) is 35.3 Å². The molecule has 0 atom stereocenters. The van der Waals surface area contributed by atoms with Crippen LogP contribution in [0.3, 0.4) is 0 Å². The van der Waals surface area contributed by atoms with Gasteiger partial charge in [-0.3, -0.25) is 4.79 Å². The topological polar surface area (TPSA) is 29.5 Å². The lowest BCUT2D eigenvalue weighted by Gasteiger charge is -2.20. The first kappa shape index (κ1) is 13.6. The van der Waals surface area contributed by atoms with Gasteiger partial charge in [-0.15, -0.1) is 0 Å².